The molecule has 0 aromatic rings. The Balaban J connectivity index is 2.56. The number of rotatable bonds is 8. The highest BCUT2D eigenvalue weighted by Crippen LogP contribution is 2.36. The van der Waals surface area contributed by atoms with Gasteiger partial charge in [-0.1, -0.05) is 6.08 Å². The molecule has 8 atom stereocenters. The van der Waals surface area contributed by atoms with Gasteiger partial charge in [0, 0.05) is 40.5 Å². The van der Waals surface area contributed by atoms with Crippen LogP contribution in [0.25, 0.3) is 0 Å². The van der Waals surface area contributed by atoms with Crippen LogP contribution in [0, 0.1) is 17.2 Å². The molecule has 0 aromatic heterocycles. The van der Waals surface area contributed by atoms with Gasteiger partial charge in [-0.05, 0) is 6.08 Å². The van der Waals surface area contributed by atoms with Crippen molar-refractivity contribution in [1.29, 1.82) is 5.26 Å². The third kappa shape index (κ3) is 8.03. The smallest absolute Gasteiger partial charge is 0.303 e. The zero-order chi connectivity index (χ0) is 27.0. The molecule has 1 saturated heterocycles. The highest BCUT2D eigenvalue weighted by molar-refractivity contribution is 5.69. The zero-order valence-corrected chi connectivity index (χ0v) is 20.5. The number of nitriles is 1. The number of hydrogen-bond donors (Lipinski definition) is 0. The van der Waals surface area contributed by atoms with Crippen molar-refractivity contribution in [3.05, 3.63) is 12.2 Å². The molecule has 2 rings (SSSR count). The van der Waals surface area contributed by atoms with E-state index in [1.807, 2.05) is 6.07 Å². The van der Waals surface area contributed by atoms with Gasteiger partial charge in [-0.2, -0.15) is 5.26 Å². The Labute approximate surface area is 207 Å². The van der Waals surface area contributed by atoms with Crippen molar-refractivity contribution in [1.82, 2.24) is 0 Å². The molecule has 0 aliphatic carbocycles. The van der Waals surface area contributed by atoms with E-state index in [2.05, 4.69) is 0 Å². The average Bonchev–Trinajstić information content (AvgIpc) is 2.78. The summed E-state index contributed by atoms with van der Waals surface area (Å²) >= 11 is 0. The maximum atomic E-state index is 12.0. The van der Waals surface area contributed by atoms with E-state index in [-0.39, 0.29) is 13.2 Å². The monoisotopic (exact) mass is 511 g/mol. The van der Waals surface area contributed by atoms with Crippen LogP contribution in [-0.4, -0.2) is 85.8 Å². The van der Waals surface area contributed by atoms with Gasteiger partial charge in [-0.25, -0.2) is 0 Å². The molecular weight excluding hydrogens is 482 g/mol. The van der Waals surface area contributed by atoms with Crippen LogP contribution in [0.4, 0.5) is 0 Å². The third-order valence-electron chi connectivity index (χ3n) is 5.24. The Morgan fingerprint density at radius 3 is 1.69 bits per heavy atom. The normalized spacial score (nSPS) is 31.3. The van der Waals surface area contributed by atoms with Crippen molar-refractivity contribution in [2.24, 2.45) is 5.92 Å². The number of hydrogen-bond acceptors (Lipinski definition) is 13. The molecule has 0 aromatic carbocycles. The molecule has 1 fully saturated rings. The van der Waals surface area contributed by atoms with Gasteiger partial charge in [-0.15, -0.1) is 0 Å². The molecule has 0 saturated carbocycles. The minimum absolute atomic E-state index is 0.268. The Morgan fingerprint density at radius 2 is 1.19 bits per heavy atom. The van der Waals surface area contributed by atoms with Gasteiger partial charge in [0.05, 0.1) is 6.07 Å². The van der Waals surface area contributed by atoms with Crippen molar-refractivity contribution in [2.45, 2.75) is 77.3 Å². The van der Waals surface area contributed by atoms with Crippen molar-refractivity contribution in [3.8, 4) is 6.07 Å². The van der Waals surface area contributed by atoms with Gasteiger partial charge in [0.15, 0.2) is 24.4 Å². The molecule has 0 N–H and O–H groups in total. The molecule has 2 heterocycles. The summed E-state index contributed by atoms with van der Waals surface area (Å²) in [6, 6.07) is 1.93. The Morgan fingerprint density at radius 1 is 0.694 bits per heavy atom. The molecule has 2 aliphatic heterocycles. The first kappa shape index (κ1) is 28.7. The first-order valence-corrected chi connectivity index (χ1v) is 11.1. The standard InChI is InChI=1S/C23H29NO12/c1-11(25)30-9-18-17(7-6-16(8-24)35-18)20-22(33-14(4)28)23(34-15(5)29)21(32-13(3)27)19(36-20)10-31-12(2)26/h6-7,16-23H,9-10H2,1-5H3/t16-,17+,18-,19-,20+,21-,22+,23+/m1/s1. The zero-order valence-electron chi connectivity index (χ0n) is 20.5. The molecule has 2 aliphatic rings. The lowest BCUT2D eigenvalue weighted by Gasteiger charge is -2.48. The van der Waals surface area contributed by atoms with Crippen LogP contribution >= 0.6 is 0 Å². The number of carbonyl (C=O) groups is 5. The van der Waals surface area contributed by atoms with E-state index in [0.29, 0.717) is 0 Å². The maximum absolute atomic E-state index is 12.0. The SMILES string of the molecule is CC(=O)OC[C@H]1O[C@@H](C#N)C=C[C@@H]1[C@@H]1O[C@H](COC(C)=O)[C@@H](OC(C)=O)[C@H](OC(C)=O)[C@H]1OC(C)=O. The van der Waals surface area contributed by atoms with E-state index < -0.39 is 78.5 Å². The summed E-state index contributed by atoms with van der Waals surface area (Å²) in [5.41, 5.74) is 0. The van der Waals surface area contributed by atoms with Crippen LogP contribution in [0.15, 0.2) is 12.2 Å². The molecule has 0 amide bonds. The fourth-order valence-electron chi connectivity index (χ4n) is 3.99. The largest absolute Gasteiger partial charge is 0.463 e. The summed E-state index contributed by atoms with van der Waals surface area (Å²) in [6.45, 7) is 5.08. The van der Waals surface area contributed by atoms with E-state index >= 15 is 0 Å². The van der Waals surface area contributed by atoms with Crippen LogP contribution in [0.1, 0.15) is 34.6 Å². The topological polar surface area (TPSA) is 174 Å². The third-order valence-corrected chi connectivity index (χ3v) is 5.24. The van der Waals surface area contributed by atoms with Gasteiger partial charge in [0.1, 0.15) is 31.5 Å². The fraction of sp³-hybridized carbons (Fsp3) is 0.652. The first-order chi connectivity index (χ1) is 16.9. The highest BCUT2D eigenvalue weighted by Gasteiger charge is 2.55. The van der Waals surface area contributed by atoms with Crippen molar-refractivity contribution in [2.75, 3.05) is 13.2 Å². The van der Waals surface area contributed by atoms with E-state index in [0.717, 1.165) is 20.8 Å². The van der Waals surface area contributed by atoms with Gasteiger partial charge >= 0.3 is 29.8 Å². The van der Waals surface area contributed by atoms with E-state index in [1.54, 1.807) is 6.08 Å². The lowest BCUT2D eigenvalue weighted by atomic mass is 9.83. The van der Waals surface area contributed by atoms with Crippen LogP contribution in [0.3, 0.4) is 0 Å². The summed E-state index contributed by atoms with van der Waals surface area (Å²) in [5, 5.41) is 9.29. The number of nitrogens with zero attached hydrogens (tertiary/aromatic N) is 1. The second-order valence-electron chi connectivity index (χ2n) is 8.15. The van der Waals surface area contributed by atoms with Gasteiger partial charge < -0.3 is 33.2 Å². The second-order valence-corrected chi connectivity index (χ2v) is 8.15. The second kappa shape index (κ2) is 13.0. The minimum atomic E-state index is -1.36. The lowest BCUT2D eigenvalue weighted by molar-refractivity contribution is -0.265. The summed E-state index contributed by atoms with van der Waals surface area (Å²) in [6.07, 6.45) is -5.10. The Hall–Kier alpha value is -3.50. The van der Waals surface area contributed by atoms with Crippen LogP contribution in [-0.2, 0) is 57.1 Å². The molecule has 198 valence electrons. The molecule has 0 unspecified atom stereocenters. The Kier molecular flexibility index (Phi) is 10.4. The first-order valence-electron chi connectivity index (χ1n) is 11.1. The van der Waals surface area contributed by atoms with Crippen molar-refractivity contribution >= 4 is 29.8 Å². The predicted molar refractivity (Wildman–Crippen MR) is 115 cm³/mol. The molecule has 0 bridgehead atoms. The van der Waals surface area contributed by atoms with Crippen molar-refractivity contribution in [3.63, 3.8) is 0 Å². The summed E-state index contributed by atoms with van der Waals surface area (Å²) in [5.74, 6) is -4.31. The molecule has 13 nitrogen and oxygen atoms in total. The van der Waals surface area contributed by atoms with Gasteiger partial charge in [0.2, 0.25) is 0 Å². The number of ether oxygens (including phenoxy) is 7. The molecule has 13 heteroatoms. The van der Waals surface area contributed by atoms with E-state index in [9.17, 15) is 29.2 Å². The average molecular weight is 511 g/mol. The quantitative estimate of drug-likeness (QED) is 0.245. The molecular formula is C23H29NO12. The van der Waals surface area contributed by atoms with Crippen molar-refractivity contribution < 1.29 is 57.1 Å². The van der Waals surface area contributed by atoms with E-state index in [4.69, 9.17) is 33.2 Å². The van der Waals surface area contributed by atoms with E-state index in [1.165, 1.54) is 19.9 Å². The number of carbonyl (C=O) groups excluding carboxylic acids is 5. The highest BCUT2D eigenvalue weighted by atomic mass is 16.7. The predicted octanol–water partition coefficient (Wildman–Crippen LogP) is 0.138. The Bertz CT molecular complexity index is 925. The van der Waals surface area contributed by atoms with Crippen LogP contribution in [0.2, 0.25) is 0 Å². The van der Waals surface area contributed by atoms with Gasteiger partial charge in [0.25, 0.3) is 0 Å². The van der Waals surface area contributed by atoms with Gasteiger partial charge in [-0.3, -0.25) is 24.0 Å². The maximum Gasteiger partial charge on any atom is 0.303 e. The number of esters is 5. The van der Waals surface area contributed by atoms with Crippen LogP contribution < -0.4 is 0 Å². The summed E-state index contributed by atoms with van der Waals surface area (Å²) in [7, 11) is 0. The molecule has 36 heavy (non-hydrogen) atoms. The lowest BCUT2D eigenvalue weighted by Crippen LogP contribution is -2.65. The molecule has 0 spiro atoms. The summed E-state index contributed by atoms with van der Waals surface area (Å²) < 4.78 is 38.3. The fourth-order valence-corrected chi connectivity index (χ4v) is 3.99. The molecule has 0 radical (unpaired) electrons. The minimum Gasteiger partial charge on any atom is -0.463 e. The summed E-state index contributed by atoms with van der Waals surface area (Å²) in [4.78, 5) is 58.8. The van der Waals surface area contributed by atoms with Crippen LogP contribution in [0.5, 0.6) is 0 Å².